The predicted octanol–water partition coefficient (Wildman–Crippen LogP) is 0.987. The molecule has 0 atom stereocenters. The van der Waals surface area contributed by atoms with E-state index in [1.807, 2.05) is 0 Å². The van der Waals surface area contributed by atoms with E-state index in [0.717, 1.165) is 6.42 Å². The van der Waals surface area contributed by atoms with Crippen LogP contribution in [0, 0.1) is 0 Å². The van der Waals surface area contributed by atoms with Gasteiger partial charge in [0.25, 0.3) is 0 Å². The van der Waals surface area contributed by atoms with Crippen molar-refractivity contribution in [3.8, 4) is 0 Å². The van der Waals surface area contributed by atoms with Crippen LogP contribution in [0.1, 0.15) is 26.7 Å². The van der Waals surface area contributed by atoms with Crippen molar-refractivity contribution in [3.05, 3.63) is 11.3 Å². The average molecular weight is 183 g/mol. The second-order valence-electron chi connectivity index (χ2n) is 3.30. The first-order valence-corrected chi connectivity index (χ1v) is 4.25. The molecule has 13 heavy (non-hydrogen) atoms. The van der Waals surface area contributed by atoms with Gasteiger partial charge < -0.3 is 10.0 Å². The fraction of sp³-hybridized carbons (Fsp3) is 0.556. The van der Waals surface area contributed by atoms with E-state index in [2.05, 4.69) is 0 Å². The first kappa shape index (κ1) is 9.77. The molecule has 1 saturated heterocycles. The van der Waals surface area contributed by atoms with Crippen molar-refractivity contribution < 1.29 is 14.7 Å². The van der Waals surface area contributed by atoms with Crippen LogP contribution in [0.5, 0.6) is 0 Å². The van der Waals surface area contributed by atoms with Gasteiger partial charge in [0, 0.05) is 13.0 Å². The first-order chi connectivity index (χ1) is 6.04. The van der Waals surface area contributed by atoms with Crippen molar-refractivity contribution >= 4 is 11.9 Å². The van der Waals surface area contributed by atoms with Gasteiger partial charge in [0.15, 0.2) is 0 Å². The molecular formula is C9H13NO3. The van der Waals surface area contributed by atoms with Gasteiger partial charge in [0.05, 0.1) is 0 Å². The number of hydrogen-bond acceptors (Lipinski definition) is 2. The third-order valence-corrected chi connectivity index (χ3v) is 2.02. The zero-order valence-electron chi connectivity index (χ0n) is 7.83. The van der Waals surface area contributed by atoms with Crippen LogP contribution in [0.4, 0.5) is 0 Å². The number of likely N-dealkylation sites (tertiary alicyclic amines) is 1. The molecule has 1 aliphatic heterocycles. The summed E-state index contributed by atoms with van der Waals surface area (Å²) in [6, 6.07) is 0. The number of carbonyl (C=O) groups excluding carboxylic acids is 1. The van der Waals surface area contributed by atoms with Crippen LogP contribution in [-0.2, 0) is 9.59 Å². The molecule has 1 amide bonds. The summed E-state index contributed by atoms with van der Waals surface area (Å²) in [5, 5.41) is 8.87. The Labute approximate surface area is 76.8 Å². The molecule has 0 bridgehead atoms. The molecule has 4 heteroatoms. The summed E-state index contributed by atoms with van der Waals surface area (Å²) < 4.78 is 0. The summed E-state index contributed by atoms with van der Waals surface area (Å²) in [4.78, 5) is 23.4. The molecule has 0 unspecified atom stereocenters. The predicted molar refractivity (Wildman–Crippen MR) is 47.0 cm³/mol. The highest BCUT2D eigenvalue weighted by molar-refractivity contribution is 5.94. The molecular weight excluding hydrogens is 170 g/mol. The minimum absolute atomic E-state index is 0.0846. The third kappa shape index (κ3) is 1.88. The quantitative estimate of drug-likeness (QED) is 0.649. The van der Waals surface area contributed by atoms with Gasteiger partial charge in [-0.25, -0.2) is 4.79 Å². The number of aliphatic carboxylic acids is 1. The van der Waals surface area contributed by atoms with Crippen molar-refractivity contribution in [3.63, 3.8) is 0 Å². The van der Waals surface area contributed by atoms with Crippen molar-refractivity contribution in [2.75, 3.05) is 6.54 Å². The maximum absolute atomic E-state index is 11.3. The Morgan fingerprint density at radius 2 is 2.08 bits per heavy atom. The molecule has 72 valence electrons. The third-order valence-electron chi connectivity index (χ3n) is 2.02. The van der Waals surface area contributed by atoms with Crippen LogP contribution in [0.15, 0.2) is 11.3 Å². The lowest BCUT2D eigenvalue weighted by atomic mass is 10.2. The lowest BCUT2D eigenvalue weighted by Gasteiger charge is -2.17. The smallest absolute Gasteiger partial charge is 0.352 e. The van der Waals surface area contributed by atoms with Crippen LogP contribution < -0.4 is 0 Å². The highest BCUT2D eigenvalue weighted by Gasteiger charge is 2.27. The van der Waals surface area contributed by atoms with Gasteiger partial charge >= 0.3 is 5.97 Å². The zero-order valence-corrected chi connectivity index (χ0v) is 7.83. The van der Waals surface area contributed by atoms with E-state index in [1.54, 1.807) is 13.8 Å². The van der Waals surface area contributed by atoms with Gasteiger partial charge in [-0.15, -0.1) is 0 Å². The maximum atomic E-state index is 11.3. The summed E-state index contributed by atoms with van der Waals surface area (Å²) in [5.41, 5.74) is 0.810. The number of carboxylic acids is 1. The zero-order chi connectivity index (χ0) is 10.0. The Bertz CT molecular complexity index is 277. The van der Waals surface area contributed by atoms with E-state index in [4.69, 9.17) is 5.11 Å². The monoisotopic (exact) mass is 183 g/mol. The van der Waals surface area contributed by atoms with E-state index in [0.29, 0.717) is 18.5 Å². The van der Waals surface area contributed by atoms with Crippen LogP contribution in [0.2, 0.25) is 0 Å². The normalized spacial score (nSPS) is 16.2. The molecule has 0 spiro atoms. The van der Waals surface area contributed by atoms with Crippen LogP contribution in [0.25, 0.3) is 0 Å². The minimum atomic E-state index is -1.02. The van der Waals surface area contributed by atoms with Crippen molar-refractivity contribution in [2.24, 2.45) is 0 Å². The molecule has 4 nitrogen and oxygen atoms in total. The highest BCUT2D eigenvalue weighted by atomic mass is 16.4. The van der Waals surface area contributed by atoms with Gasteiger partial charge in [0.2, 0.25) is 5.91 Å². The highest BCUT2D eigenvalue weighted by Crippen LogP contribution is 2.18. The molecule has 0 radical (unpaired) electrons. The van der Waals surface area contributed by atoms with Gasteiger partial charge in [-0.2, -0.15) is 0 Å². The second kappa shape index (κ2) is 3.60. The van der Waals surface area contributed by atoms with Crippen molar-refractivity contribution in [1.82, 2.24) is 4.90 Å². The summed E-state index contributed by atoms with van der Waals surface area (Å²) in [7, 11) is 0. The topological polar surface area (TPSA) is 57.6 Å². The molecule has 1 aliphatic rings. The Morgan fingerprint density at radius 1 is 1.46 bits per heavy atom. The first-order valence-electron chi connectivity index (χ1n) is 4.25. The standard InChI is InChI=1S/C9H13NO3/c1-6(2)8(9(12)13)10-5-3-4-7(10)11/h3-5H2,1-2H3,(H,12,13). The summed E-state index contributed by atoms with van der Waals surface area (Å²) in [5.74, 6) is -1.10. The molecule has 0 aromatic heterocycles. The molecule has 0 aromatic rings. The average Bonchev–Trinajstić information content (AvgIpc) is 2.35. The van der Waals surface area contributed by atoms with Crippen molar-refractivity contribution in [1.29, 1.82) is 0 Å². The van der Waals surface area contributed by atoms with E-state index in [9.17, 15) is 9.59 Å². The van der Waals surface area contributed by atoms with Crippen LogP contribution >= 0.6 is 0 Å². The largest absolute Gasteiger partial charge is 0.477 e. The van der Waals surface area contributed by atoms with E-state index >= 15 is 0 Å². The number of nitrogens with zero attached hydrogens (tertiary/aromatic N) is 1. The lowest BCUT2D eigenvalue weighted by molar-refractivity contribution is -0.138. The number of allylic oxidation sites excluding steroid dienone is 1. The molecule has 0 aliphatic carbocycles. The summed E-state index contributed by atoms with van der Waals surface area (Å²) in [6.45, 7) is 3.94. The Kier molecular flexibility index (Phi) is 2.70. The molecule has 1 heterocycles. The number of rotatable bonds is 2. The van der Waals surface area contributed by atoms with E-state index in [1.165, 1.54) is 4.90 Å². The Morgan fingerprint density at radius 3 is 2.38 bits per heavy atom. The SMILES string of the molecule is CC(C)=C(C(=O)O)N1CCCC1=O. The second-order valence-corrected chi connectivity index (χ2v) is 3.30. The number of carboxylic acid groups (broad SMARTS) is 1. The minimum Gasteiger partial charge on any atom is -0.477 e. The lowest BCUT2D eigenvalue weighted by Crippen LogP contribution is -2.29. The molecule has 0 aromatic carbocycles. The fourth-order valence-electron chi connectivity index (χ4n) is 1.48. The van der Waals surface area contributed by atoms with Gasteiger partial charge in [0.1, 0.15) is 5.70 Å². The number of amides is 1. The van der Waals surface area contributed by atoms with Gasteiger partial charge in [-0.05, 0) is 25.8 Å². The number of hydrogen-bond donors (Lipinski definition) is 1. The summed E-state index contributed by atoms with van der Waals surface area (Å²) >= 11 is 0. The Hall–Kier alpha value is -1.32. The maximum Gasteiger partial charge on any atom is 0.352 e. The molecule has 0 saturated carbocycles. The molecule has 1 N–H and O–H groups in total. The molecule has 1 fully saturated rings. The van der Waals surface area contributed by atoms with E-state index in [-0.39, 0.29) is 11.6 Å². The van der Waals surface area contributed by atoms with Crippen LogP contribution in [-0.4, -0.2) is 28.4 Å². The summed E-state index contributed by atoms with van der Waals surface area (Å²) in [6.07, 6.45) is 1.22. The van der Waals surface area contributed by atoms with Crippen molar-refractivity contribution in [2.45, 2.75) is 26.7 Å². The van der Waals surface area contributed by atoms with Crippen LogP contribution in [0.3, 0.4) is 0 Å². The van der Waals surface area contributed by atoms with Gasteiger partial charge in [-0.1, -0.05) is 0 Å². The fourth-order valence-corrected chi connectivity index (χ4v) is 1.48. The Balaban J connectivity index is 2.96. The van der Waals surface area contributed by atoms with E-state index < -0.39 is 5.97 Å². The van der Waals surface area contributed by atoms with Gasteiger partial charge in [-0.3, -0.25) is 4.79 Å². The number of carbonyl (C=O) groups is 2. The molecule has 1 rings (SSSR count).